The van der Waals surface area contributed by atoms with Crippen molar-refractivity contribution in [2.24, 2.45) is 21.8 Å². The molecule has 0 spiro atoms. The molecule has 7 heteroatoms. The lowest BCUT2D eigenvalue weighted by atomic mass is 10.0. The van der Waals surface area contributed by atoms with Crippen LogP contribution in [0.2, 0.25) is 0 Å². The lowest BCUT2D eigenvalue weighted by molar-refractivity contribution is 0.213. The standard InChI is InChI=1S/C20H20N4O3/c1-25-23-19(21)15-7-3-13(4-8-15)17-11-18(27-12-17)14-5-9-16(10-6-14)20(22)24-26-2/h3-12H,1-2H3,(H2,21,23)(H2,22,24). The van der Waals surface area contributed by atoms with E-state index in [1.54, 1.807) is 6.26 Å². The Kier molecular flexibility index (Phi) is 5.41. The van der Waals surface area contributed by atoms with Gasteiger partial charge in [-0.05, 0) is 11.6 Å². The van der Waals surface area contributed by atoms with Crippen LogP contribution in [-0.2, 0) is 9.68 Å². The van der Waals surface area contributed by atoms with Gasteiger partial charge in [-0.1, -0.05) is 58.8 Å². The van der Waals surface area contributed by atoms with Gasteiger partial charge in [-0.25, -0.2) is 0 Å². The summed E-state index contributed by atoms with van der Waals surface area (Å²) in [4.78, 5) is 9.37. The van der Waals surface area contributed by atoms with Gasteiger partial charge < -0.3 is 25.6 Å². The third-order valence-electron chi connectivity index (χ3n) is 3.96. The van der Waals surface area contributed by atoms with Gasteiger partial charge >= 0.3 is 0 Å². The molecule has 0 radical (unpaired) electrons. The van der Waals surface area contributed by atoms with Crippen molar-refractivity contribution in [2.75, 3.05) is 14.2 Å². The van der Waals surface area contributed by atoms with Crippen molar-refractivity contribution in [3.8, 4) is 22.5 Å². The Morgan fingerprint density at radius 2 is 1.22 bits per heavy atom. The molecule has 0 bridgehead atoms. The van der Waals surface area contributed by atoms with E-state index in [0.29, 0.717) is 11.7 Å². The van der Waals surface area contributed by atoms with Crippen molar-refractivity contribution in [3.05, 3.63) is 72.0 Å². The van der Waals surface area contributed by atoms with Gasteiger partial charge in [-0.3, -0.25) is 0 Å². The van der Waals surface area contributed by atoms with Crippen molar-refractivity contribution in [2.45, 2.75) is 0 Å². The zero-order chi connectivity index (χ0) is 19.2. The summed E-state index contributed by atoms with van der Waals surface area (Å²) < 4.78 is 5.71. The van der Waals surface area contributed by atoms with E-state index in [9.17, 15) is 0 Å². The normalized spacial score (nSPS) is 12.1. The molecule has 0 saturated heterocycles. The molecular weight excluding hydrogens is 344 g/mol. The first-order valence-corrected chi connectivity index (χ1v) is 8.15. The quantitative estimate of drug-likeness (QED) is 0.397. The van der Waals surface area contributed by atoms with Crippen LogP contribution in [0.1, 0.15) is 11.1 Å². The van der Waals surface area contributed by atoms with Crippen LogP contribution in [0.4, 0.5) is 0 Å². The van der Waals surface area contributed by atoms with E-state index >= 15 is 0 Å². The Morgan fingerprint density at radius 3 is 1.70 bits per heavy atom. The molecule has 0 aliphatic carbocycles. The maximum absolute atomic E-state index is 5.81. The van der Waals surface area contributed by atoms with E-state index in [1.807, 2.05) is 54.6 Å². The third kappa shape index (κ3) is 4.09. The number of hydrogen-bond donors (Lipinski definition) is 2. The van der Waals surface area contributed by atoms with Crippen LogP contribution in [0, 0.1) is 0 Å². The van der Waals surface area contributed by atoms with E-state index < -0.39 is 0 Å². The van der Waals surface area contributed by atoms with Crippen LogP contribution in [0.5, 0.6) is 0 Å². The highest BCUT2D eigenvalue weighted by atomic mass is 16.6. The zero-order valence-corrected chi connectivity index (χ0v) is 15.0. The fraction of sp³-hybridized carbons (Fsp3) is 0.100. The smallest absolute Gasteiger partial charge is 0.170 e. The third-order valence-corrected chi connectivity index (χ3v) is 3.96. The summed E-state index contributed by atoms with van der Waals surface area (Å²) in [5.41, 5.74) is 16.1. The van der Waals surface area contributed by atoms with Gasteiger partial charge in [-0.2, -0.15) is 0 Å². The van der Waals surface area contributed by atoms with E-state index in [2.05, 4.69) is 20.0 Å². The predicted octanol–water partition coefficient (Wildman–Crippen LogP) is 3.15. The molecule has 4 N–H and O–H groups in total. The van der Waals surface area contributed by atoms with Crippen molar-refractivity contribution in [3.63, 3.8) is 0 Å². The minimum absolute atomic E-state index is 0.320. The first kappa shape index (κ1) is 18.1. The Hall–Kier alpha value is -3.74. The minimum Gasteiger partial charge on any atom is -0.464 e. The minimum atomic E-state index is 0.320. The number of nitrogens with zero attached hydrogens (tertiary/aromatic N) is 2. The molecule has 1 aromatic heterocycles. The topological polar surface area (TPSA) is 108 Å². The van der Waals surface area contributed by atoms with Gasteiger partial charge in [0, 0.05) is 22.3 Å². The Bertz CT molecular complexity index is 880. The van der Waals surface area contributed by atoms with Crippen molar-refractivity contribution in [1.29, 1.82) is 0 Å². The zero-order valence-electron chi connectivity index (χ0n) is 15.0. The van der Waals surface area contributed by atoms with Crippen molar-refractivity contribution >= 4 is 11.7 Å². The number of nitrogens with two attached hydrogens (primary N) is 2. The molecule has 0 amide bonds. The fourth-order valence-electron chi connectivity index (χ4n) is 2.58. The summed E-state index contributed by atoms with van der Waals surface area (Å²) in [6.45, 7) is 0. The second kappa shape index (κ2) is 8.09. The van der Waals surface area contributed by atoms with Crippen LogP contribution < -0.4 is 11.5 Å². The van der Waals surface area contributed by atoms with Gasteiger partial charge in [0.05, 0.1) is 6.26 Å². The molecule has 1 heterocycles. The van der Waals surface area contributed by atoms with E-state index in [4.69, 9.17) is 15.9 Å². The molecular formula is C20H20N4O3. The summed E-state index contributed by atoms with van der Waals surface area (Å²) in [7, 11) is 2.91. The molecule has 7 nitrogen and oxygen atoms in total. The highest BCUT2D eigenvalue weighted by Crippen LogP contribution is 2.28. The number of benzene rings is 2. The molecule has 0 atom stereocenters. The Morgan fingerprint density at radius 1 is 0.741 bits per heavy atom. The fourth-order valence-corrected chi connectivity index (χ4v) is 2.58. The van der Waals surface area contributed by atoms with Crippen molar-refractivity contribution in [1.82, 2.24) is 0 Å². The summed E-state index contributed by atoms with van der Waals surface area (Å²) in [6, 6.07) is 17.2. The number of oxime groups is 2. The average Bonchev–Trinajstić information content (AvgIpc) is 3.19. The Balaban J connectivity index is 1.80. The first-order chi connectivity index (χ1) is 13.1. The van der Waals surface area contributed by atoms with E-state index in [1.165, 1.54) is 14.2 Å². The molecule has 0 unspecified atom stereocenters. The van der Waals surface area contributed by atoms with Gasteiger partial charge in [-0.15, -0.1) is 0 Å². The highest BCUT2D eigenvalue weighted by Gasteiger charge is 2.08. The highest BCUT2D eigenvalue weighted by molar-refractivity contribution is 5.98. The van der Waals surface area contributed by atoms with Crippen molar-refractivity contribution < 1.29 is 14.1 Å². The van der Waals surface area contributed by atoms with E-state index in [-0.39, 0.29) is 0 Å². The molecule has 0 aliphatic heterocycles. The number of furan rings is 1. The molecule has 3 aromatic rings. The van der Waals surface area contributed by atoms with Crippen LogP contribution in [-0.4, -0.2) is 25.9 Å². The van der Waals surface area contributed by atoms with Crippen LogP contribution in [0.25, 0.3) is 22.5 Å². The van der Waals surface area contributed by atoms with Crippen LogP contribution >= 0.6 is 0 Å². The SMILES string of the molecule is CO/N=C(/N)c1ccc(-c2coc(-c3ccc(/C(N)=N\OC)cc3)c2)cc1. The second-order valence-corrected chi connectivity index (χ2v) is 5.67. The number of hydrogen-bond acceptors (Lipinski definition) is 5. The van der Waals surface area contributed by atoms with Crippen LogP contribution in [0.3, 0.4) is 0 Å². The largest absolute Gasteiger partial charge is 0.464 e. The maximum Gasteiger partial charge on any atom is 0.170 e. The van der Waals surface area contributed by atoms with Gasteiger partial charge in [0.2, 0.25) is 0 Å². The van der Waals surface area contributed by atoms with Gasteiger partial charge in [0.1, 0.15) is 20.0 Å². The summed E-state index contributed by atoms with van der Waals surface area (Å²) in [5, 5.41) is 7.44. The van der Waals surface area contributed by atoms with Gasteiger partial charge in [0.25, 0.3) is 0 Å². The maximum atomic E-state index is 5.81. The second-order valence-electron chi connectivity index (χ2n) is 5.67. The van der Waals surface area contributed by atoms with E-state index in [0.717, 1.165) is 33.6 Å². The summed E-state index contributed by atoms with van der Waals surface area (Å²) >= 11 is 0. The lowest BCUT2D eigenvalue weighted by Crippen LogP contribution is -2.13. The first-order valence-electron chi connectivity index (χ1n) is 8.15. The molecule has 0 fully saturated rings. The molecule has 27 heavy (non-hydrogen) atoms. The number of rotatable bonds is 6. The predicted molar refractivity (Wildman–Crippen MR) is 105 cm³/mol. The monoisotopic (exact) mass is 364 g/mol. The molecule has 0 saturated carbocycles. The van der Waals surface area contributed by atoms with Crippen LogP contribution in [0.15, 0.2) is 75.6 Å². The summed E-state index contributed by atoms with van der Waals surface area (Å²) in [6.07, 6.45) is 1.71. The molecule has 0 aliphatic rings. The molecule has 3 rings (SSSR count). The summed E-state index contributed by atoms with van der Waals surface area (Å²) in [5.74, 6) is 1.40. The Labute approximate surface area is 156 Å². The lowest BCUT2D eigenvalue weighted by Gasteiger charge is -2.02. The average molecular weight is 364 g/mol. The molecule has 138 valence electrons. The molecule has 2 aromatic carbocycles. The van der Waals surface area contributed by atoms with Gasteiger partial charge in [0.15, 0.2) is 11.7 Å². The number of amidine groups is 2.